The molecule has 2 N–H and O–H groups in total. The highest BCUT2D eigenvalue weighted by atomic mass is 16.5. The summed E-state index contributed by atoms with van der Waals surface area (Å²) < 4.78 is 4.86. The van der Waals surface area contributed by atoms with E-state index >= 15 is 0 Å². The van der Waals surface area contributed by atoms with Crippen LogP contribution in [0.3, 0.4) is 0 Å². The summed E-state index contributed by atoms with van der Waals surface area (Å²) in [6, 6.07) is 0. The summed E-state index contributed by atoms with van der Waals surface area (Å²) in [5, 5.41) is 12.8. The van der Waals surface area contributed by atoms with Crippen molar-refractivity contribution in [3.63, 3.8) is 0 Å². The van der Waals surface area contributed by atoms with Gasteiger partial charge in [-0.3, -0.25) is 9.59 Å². The van der Waals surface area contributed by atoms with E-state index in [1.807, 2.05) is 0 Å². The number of hydrogen-bond acceptors (Lipinski definition) is 5. The summed E-state index contributed by atoms with van der Waals surface area (Å²) in [5.41, 5.74) is 0. The maximum atomic E-state index is 11.6. The first-order valence-corrected chi connectivity index (χ1v) is 5.94. The van der Waals surface area contributed by atoms with Gasteiger partial charge in [-0.15, -0.1) is 0 Å². The van der Waals surface area contributed by atoms with E-state index in [2.05, 4.69) is 5.32 Å². The molecule has 0 aromatic carbocycles. The van der Waals surface area contributed by atoms with Gasteiger partial charge in [0, 0.05) is 33.8 Å². The van der Waals surface area contributed by atoms with Gasteiger partial charge in [-0.2, -0.15) is 0 Å². The minimum atomic E-state index is -0.679. The Kier molecular flexibility index (Phi) is 6.03. The van der Waals surface area contributed by atoms with E-state index in [1.54, 1.807) is 14.2 Å². The minimum Gasteiger partial charge on any atom is -0.390 e. The predicted octanol–water partition coefficient (Wildman–Crippen LogP) is -2.12. The van der Waals surface area contributed by atoms with Crippen LogP contribution in [-0.4, -0.2) is 86.3 Å². The molecule has 7 nitrogen and oxygen atoms in total. The molecule has 0 aromatic rings. The van der Waals surface area contributed by atoms with E-state index in [1.165, 1.54) is 9.80 Å². The van der Waals surface area contributed by atoms with Gasteiger partial charge in [-0.1, -0.05) is 0 Å². The first-order valence-electron chi connectivity index (χ1n) is 5.94. The van der Waals surface area contributed by atoms with Gasteiger partial charge in [0.1, 0.15) is 0 Å². The number of amides is 2. The summed E-state index contributed by atoms with van der Waals surface area (Å²) in [6.07, 6.45) is -0.679. The molecule has 1 rings (SSSR count). The molecule has 1 atom stereocenters. The van der Waals surface area contributed by atoms with Gasteiger partial charge in [0.25, 0.3) is 0 Å². The largest absolute Gasteiger partial charge is 0.390 e. The van der Waals surface area contributed by atoms with E-state index in [4.69, 9.17) is 4.74 Å². The van der Waals surface area contributed by atoms with Crippen LogP contribution in [0, 0.1) is 0 Å². The first-order chi connectivity index (χ1) is 8.54. The molecule has 18 heavy (non-hydrogen) atoms. The van der Waals surface area contributed by atoms with Gasteiger partial charge in [-0.05, 0) is 0 Å². The third-order valence-corrected chi connectivity index (χ3v) is 2.77. The number of hydrogen-bond donors (Lipinski definition) is 2. The number of methoxy groups -OCH3 is 1. The fraction of sp³-hybridized carbons (Fsp3) is 0.818. The molecule has 1 unspecified atom stereocenters. The molecule has 1 aliphatic rings. The molecule has 0 spiro atoms. The van der Waals surface area contributed by atoms with Crippen molar-refractivity contribution < 1.29 is 19.4 Å². The molecule has 1 saturated heterocycles. The molecule has 104 valence electrons. The number of carbonyl (C=O) groups excluding carboxylic acids is 2. The summed E-state index contributed by atoms with van der Waals surface area (Å²) in [4.78, 5) is 25.9. The number of nitrogens with zero attached hydrogens (tertiary/aromatic N) is 2. The lowest BCUT2D eigenvalue weighted by molar-refractivity contribution is -0.149. The van der Waals surface area contributed by atoms with Crippen LogP contribution >= 0.6 is 0 Å². The zero-order valence-corrected chi connectivity index (χ0v) is 10.9. The molecule has 0 saturated carbocycles. The Morgan fingerprint density at radius 3 is 2.78 bits per heavy atom. The van der Waals surface area contributed by atoms with E-state index in [-0.39, 0.29) is 31.4 Å². The van der Waals surface area contributed by atoms with Gasteiger partial charge < -0.3 is 25.0 Å². The quantitative estimate of drug-likeness (QED) is 0.511. The number of aliphatic hydroxyl groups is 1. The zero-order chi connectivity index (χ0) is 13.5. The number of likely N-dealkylation sites (N-methyl/N-ethyl adjacent to an activating group) is 1. The summed E-state index contributed by atoms with van der Waals surface area (Å²) in [7, 11) is 3.20. The zero-order valence-electron chi connectivity index (χ0n) is 10.9. The van der Waals surface area contributed by atoms with Gasteiger partial charge >= 0.3 is 0 Å². The molecule has 1 fully saturated rings. The van der Waals surface area contributed by atoms with E-state index in [0.717, 1.165) is 0 Å². The van der Waals surface area contributed by atoms with Gasteiger partial charge in [0.2, 0.25) is 11.8 Å². The normalized spacial score (nSPS) is 18.4. The molecular weight excluding hydrogens is 238 g/mol. The smallest absolute Gasteiger partial charge is 0.242 e. The van der Waals surface area contributed by atoms with Crippen LogP contribution < -0.4 is 5.32 Å². The van der Waals surface area contributed by atoms with Crippen LogP contribution in [0.4, 0.5) is 0 Å². The van der Waals surface area contributed by atoms with E-state index < -0.39 is 6.10 Å². The molecule has 7 heteroatoms. The van der Waals surface area contributed by atoms with Crippen molar-refractivity contribution in [2.45, 2.75) is 6.10 Å². The monoisotopic (exact) mass is 259 g/mol. The minimum absolute atomic E-state index is 0.0461. The van der Waals surface area contributed by atoms with Crippen LogP contribution in [0.1, 0.15) is 0 Å². The number of ether oxygens (including phenoxy) is 1. The van der Waals surface area contributed by atoms with Crippen LogP contribution in [0.5, 0.6) is 0 Å². The highest BCUT2D eigenvalue weighted by Crippen LogP contribution is 2.03. The molecule has 0 aromatic heterocycles. The van der Waals surface area contributed by atoms with Crippen LogP contribution in [0.2, 0.25) is 0 Å². The third kappa shape index (κ3) is 4.59. The second kappa shape index (κ2) is 7.30. The van der Waals surface area contributed by atoms with Crippen molar-refractivity contribution in [3.05, 3.63) is 0 Å². The van der Waals surface area contributed by atoms with Crippen molar-refractivity contribution in [1.29, 1.82) is 0 Å². The number of carbonyl (C=O) groups is 2. The van der Waals surface area contributed by atoms with Gasteiger partial charge in [0.05, 0.1) is 25.8 Å². The first kappa shape index (κ1) is 14.9. The van der Waals surface area contributed by atoms with E-state index in [0.29, 0.717) is 19.7 Å². The lowest BCUT2D eigenvalue weighted by Gasteiger charge is -2.32. The van der Waals surface area contributed by atoms with Crippen molar-refractivity contribution in [2.24, 2.45) is 0 Å². The number of rotatable bonds is 7. The van der Waals surface area contributed by atoms with Crippen molar-refractivity contribution in [2.75, 3.05) is 53.5 Å². The number of aliphatic hydroxyl groups excluding tert-OH is 1. The van der Waals surface area contributed by atoms with Gasteiger partial charge in [-0.25, -0.2) is 0 Å². The highest BCUT2D eigenvalue weighted by Gasteiger charge is 2.28. The molecular formula is C11H21N3O4. The Hall–Kier alpha value is -1.18. The fourth-order valence-electron chi connectivity index (χ4n) is 1.69. The number of β-amino-alcohol motifs (C(OH)–C–C–N with tert-alkyl or cyclic N) is 1. The number of nitrogens with one attached hydrogen (secondary N) is 1. The van der Waals surface area contributed by atoms with Crippen molar-refractivity contribution >= 4 is 11.8 Å². The van der Waals surface area contributed by atoms with Crippen molar-refractivity contribution in [3.8, 4) is 0 Å². The SMILES string of the molecule is COCCNCC(O)CN1CC(=O)N(C)CC1=O. The Balaban J connectivity index is 2.28. The molecule has 0 aliphatic carbocycles. The summed E-state index contributed by atoms with van der Waals surface area (Å²) in [5.74, 6) is -0.234. The summed E-state index contributed by atoms with van der Waals surface area (Å²) in [6.45, 7) is 1.89. The van der Waals surface area contributed by atoms with Crippen LogP contribution in [-0.2, 0) is 14.3 Å². The molecule has 0 bridgehead atoms. The second-order valence-corrected chi connectivity index (χ2v) is 4.37. The average molecular weight is 259 g/mol. The standard InChI is InChI=1S/C11H21N3O4/c1-13-7-11(17)14(8-10(13)16)6-9(15)5-12-3-4-18-2/h9,12,15H,3-8H2,1-2H3. The molecule has 0 radical (unpaired) electrons. The van der Waals surface area contributed by atoms with Gasteiger partial charge in [0.15, 0.2) is 0 Å². The molecule has 1 heterocycles. The maximum absolute atomic E-state index is 11.6. The van der Waals surface area contributed by atoms with Crippen LogP contribution in [0.25, 0.3) is 0 Å². The fourth-order valence-corrected chi connectivity index (χ4v) is 1.69. The Bertz CT molecular complexity index is 298. The lowest BCUT2D eigenvalue weighted by atomic mass is 10.2. The predicted molar refractivity (Wildman–Crippen MR) is 65.0 cm³/mol. The van der Waals surface area contributed by atoms with Crippen LogP contribution in [0.15, 0.2) is 0 Å². The Morgan fingerprint density at radius 1 is 1.39 bits per heavy atom. The second-order valence-electron chi connectivity index (χ2n) is 4.37. The maximum Gasteiger partial charge on any atom is 0.242 e. The molecule has 1 aliphatic heterocycles. The highest BCUT2D eigenvalue weighted by molar-refractivity contribution is 5.92. The molecule has 2 amide bonds. The number of piperazine rings is 1. The van der Waals surface area contributed by atoms with E-state index in [9.17, 15) is 14.7 Å². The third-order valence-electron chi connectivity index (χ3n) is 2.77. The average Bonchev–Trinajstić information content (AvgIpc) is 2.32. The summed E-state index contributed by atoms with van der Waals surface area (Å²) >= 11 is 0. The van der Waals surface area contributed by atoms with Crippen molar-refractivity contribution in [1.82, 2.24) is 15.1 Å². The Labute approximate surface area is 107 Å². The lowest BCUT2D eigenvalue weighted by Crippen LogP contribution is -2.54. The topological polar surface area (TPSA) is 82.1 Å². The Morgan fingerprint density at radius 2 is 2.11 bits per heavy atom.